The lowest BCUT2D eigenvalue weighted by molar-refractivity contribution is -0.125. The van der Waals surface area contributed by atoms with Gasteiger partial charge in [0, 0.05) is 18.1 Å². The van der Waals surface area contributed by atoms with Crippen LogP contribution >= 0.6 is 11.6 Å². The minimum absolute atomic E-state index is 0.0173. The number of hydrogen-bond donors (Lipinski definition) is 3. The van der Waals surface area contributed by atoms with Gasteiger partial charge in [-0.2, -0.15) is 0 Å². The van der Waals surface area contributed by atoms with E-state index in [-0.39, 0.29) is 6.54 Å². The van der Waals surface area contributed by atoms with E-state index in [2.05, 4.69) is 5.32 Å². The summed E-state index contributed by atoms with van der Waals surface area (Å²) in [6.45, 7) is 0.311. The second-order valence-electron chi connectivity index (χ2n) is 3.33. The third kappa shape index (κ3) is 4.14. The smallest absolute Gasteiger partial charge is 0.247 e. The van der Waals surface area contributed by atoms with Gasteiger partial charge in [-0.05, 0) is 23.8 Å². The zero-order chi connectivity index (χ0) is 12.1. The summed E-state index contributed by atoms with van der Waals surface area (Å²) < 4.78 is 12.9. The highest BCUT2D eigenvalue weighted by Crippen LogP contribution is 2.13. The molecule has 4 nitrogen and oxygen atoms in total. The summed E-state index contributed by atoms with van der Waals surface area (Å²) >= 11 is 5.65. The Balaban J connectivity index is 2.46. The summed E-state index contributed by atoms with van der Waals surface area (Å²) in [7, 11) is 0. The topological polar surface area (TPSA) is 75.4 Å². The first kappa shape index (κ1) is 12.9. The molecule has 0 bridgehead atoms. The maximum absolute atomic E-state index is 12.9. The van der Waals surface area contributed by atoms with Gasteiger partial charge >= 0.3 is 0 Å². The first-order valence-corrected chi connectivity index (χ1v) is 5.00. The molecule has 0 fully saturated rings. The van der Waals surface area contributed by atoms with E-state index in [0.29, 0.717) is 17.1 Å². The minimum Gasteiger partial charge on any atom is -0.382 e. The molecule has 16 heavy (non-hydrogen) atoms. The van der Waals surface area contributed by atoms with Gasteiger partial charge in [-0.3, -0.25) is 4.79 Å². The van der Waals surface area contributed by atoms with Crippen molar-refractivity contribution in [3.63, 3.8) is 0 Å². The molecule has 88 valence electrons. The number of nitrogens with two attached hydrogens (primary N) is 1. The number of nitrogens with one attached hydrogen (secondary N) is 1. The Bertz CT molecular complexity index is 367. The second kappa shape index (κ2) is 5.79. The number of aliphatic hydroxyl groups is 1. The third-order valence-electron chi connectivity index (χ3n) is 1.92. The average molecular weight is 247 g/mol. The predicted molar refractivity (Wildman–Crippen MR) is 58.3 cm³/mol. The highest BCUT2D eigenvalue weighted by atomic mass is 35.5. The van der Waals surface area contributed by atoms with Crippen molar-refractivity contribution in [3.05, 3.63) is 34.6 Å². The fraction of sp³-hybridized carbons (Fsp3) is 0.300. The number of aliphatic hydroxyl groups excluding tert-OH is 1. The van der Waals surface area contributed by atoms with E-state index in [1.807, 2.05) is 0 Å². The van der Waals surface area contributed by atoms with E-state index >= 15 is 0 Å². The molecule has 0 aromatic heterocycles. The number of rotatable bonds is 5. The lowest BCUT2D eigenvalue weighted by Gasteiger charge is -2.08. The first-order valence-electron chi connectivity index (χ1n) is 4.62. The van der Waals surface area contributed by atoms with Gasteiger partial charge in [0.15, 0.2) is 0 Å². The number of halogens is 2. The van der Waals surface area contributed by atoms with Gasteiger partial charge in [0.25, 0.3) is 0 Å². The fourth-order valence-electron chi connectivity index (χ4n) is 1.17. The van der Waals surface area contributed by atoms with Crippen molar-refractivity contribution in [2.45, 2.75) is 12.6 Å². The van der Waals surface area contributed by atoms with Crippen LogP contribution < -0.4 is 11.1 Å². The highest BCUT2D eigenvalue weighted by molar-refractivity contribution is 6.30. The third-order valence-corrected chi connectivity index (χ3v) is 2.14. The van der Waals surface area contributed by atoms with Gasteiger partial charge in [0.05, 0.1) is 0 Å². The van der Waals surface area contributed by atoms with Gasteiger partial charge in [0.2, 0.25) is 5.91 Å². The first-order chi connectivity index (χ1) is 7.49. The van der Waals surface area contributed by atoms with Crippen LogP contribution in [-0.2, 0) is 11.3 Å². The molecule has 0 radical (unpaired) electrons. The van der Waals surface area contributed by atoms with Crippen molar-refractivity contribution in [2.24, 2.45) is 5.73 Å². The van der Waals surface area contributed by atoms with Crippen LogP contribution in [0.4, 0.5) is 4.39 Å². The number of amides is 1. The molecule has 0 aliphatic heterocycles. The molecule has 1 unspecified atom stereocenters. The number of primary amides is 1. The molecule has 0 aliphatic carbocycles. The molecule has 1 amide bonds. The van der Waals surface area contributed by atoms with Crippen LogP contribution in [0.3, 0.4) is 0 Å². The van der Waals surface area contributed by atoms with Crippen molar-refractivity contribution < 1.29 is 14.3 Å². The van der Waals surface area contributed by atoms with Gasteiger partial charge in [-0.1, -0.05) is 11.6 Å². The summed E-state index contributed by atoms with van der Waals surface area (Å²) in [5.41, 5.74) is 5.48. The highest BCUT2D eigenvalue weighted by Gasteiger charge is 2.09. The van der Waals surface area contributed by atoms with Crippen LogP contribution in [0, 0.1) is 5.82 Å². The van der Waals surface area contributed by atoms with Crippen LogP contribution in [0.25, 0.3) is 0 Å². The Kier molecular flexibility index (Phi) is 4.67. The normalized spacial score (nSPS) is 12.4. The molecule has 1 atom stereocenters. The van der Waals surface area contributed by atoms with E-state index in [0.717, 1.165) is 0 Å². The van der Waals surface area contributed by atoms with Crippen molar-refractivity contribution >= 4 is 17.5 Å². The quantitative estimate of drug-likeness (QED) is 0.705. The summed E-state index contributed by atoms with van der Waals surface area (Å²) in [6, 6.07) is 4.10. The molecule has 0 aliphatic rings. The van der Waals surface area contributed by atoms with Crippen LogP contribution in [0.15, 0.2) is 18.2 Å². The van der Waals surface area contributed by atoms with E-state index in [1.54, 1.807) is 6.07 Å². The maximum atomic E-state index is 12.9. The predicted octanol–water partition coefficient (Wildman–Crippen LogP) is 0.415. The lowest BCUT2D eigenvalue weighted by atomic mass is 10.2. The van der Waals surface area contributed by atoms with Gasteiger partial charge in [-0.15, -0.1) is 0 Å². The molecule has 4 N–H and O–H groups in total. The summed E-state index contributed by atoms with van der Waals surface area (Å²) in [5.74, 6) is -1.23. The Morgan fingerprint density at radius 2 is 2.25 bits per heavy atom. The SMILES string of the molecule is NC(=O)C(O)CNCc1cc(F)cc(Cl)c1. The van der Waals surface area contributed by atoms with Gasteiger partial charge < -0.3 is 16.2 Å². The van der Waals surface area contributed by atoms with Crippen molar-refractivity contribution in [1.29, 1.82) is 0 Å². The van der Waals surface area contributed by atoms with E-state index in [4.69, 9.17) is 22.4 Å². The Labute approximate surface area is 97.2 Å². The molecule has 0 saturated heterocycles. The van der Waals surface area contributed by atoms with E-state index in [1.165, 1.54) is 12.1 Å². The van der Waals surface area contributed by atoms with Crippen LogP contribution in [0.1, 0.15) is 5.56 Å². The number of hydrogen-bond acceptors (Lipinski definition) is 3. The Morgan fingerprint density at radius 3 is 2.81 bits per heavy atom. The molecular formula is C10H12ClFN2O2. The molecule has 1 aromatic carbocycles. The monoisotopic (exact) mass is 246 g/mol. The lowest BCUT2D eigenvalue weighted by Crippen LogP contribution is -2.37. The maximum Gasteiger partial charge on any atom is 0.247 e. The minimum atomic E-state index is -1.25. The fourth-order valence-corrected chi connectivity index (χ4v) is 1.41. The molecule has 0 saturated carbocycles. The van der Waals surface area contributed by atoms with Crippen molar-refractivity contribution in [1.82, 2.24) is 5.32 Å². The summed E-state index contributed by atoms with van der Waals surface area (Å²) in [6.07, 6.45) is -1.25. The Hall–Kier alpha value is -1.17. The molecular weight excluding hydrogens is 235 g/mol. The summed E-state index contributed by atoms with van der Waals surface area (Å²) in [5, 5.41) is 12.1. The van der Waals surface area contributed by atoms with Crippen LogP contribution in [0.5, 0.6) is 0 Å². The molecule has 6 heteroatoms. The van der Waals surface area contributed by atoms with Crippen LogP contribution in [0.2, 0.25) is 5.02 Å². The zero-order valence-electron chi connectivity index (χ0n) is 8.41. The van der Waals surface area contributed by atoms with E-state index < -0.39 is 17.8 Å². The molecule has 1 rings (SSSR count). The van der Waals surface area contributed by atoms with Crippen LogP contribution in [-0.4, -0.2) is 23.7 Å². The largest absolute Gasteiger partial charge is 0.382 e. The van der Waals surface area contributed by atoms with Crippen molar-refractivity contribution in [2.75, 3.05) is 6.54 Å². The Morgan fingerprint density at radius 1 is 1.56 bits per heavy atom. The second-order valence-corrected chi connectivity index (χ2v) is 3.76. The van der Waals surface area contributed by atoms with Gasteiger partial charge in [-0.25, -0.2) is 4.39 Å². The molecule has 0 spiro atoms. The zero-order valence-corrected chi connectivity index (χ0v) is 9.17. The van der Waals surface area contributed by atoms with E-state index in [9.17, 15) is 9.18 Å². The number of benzene rings is 1. The summed E-state index contributed by atoms with van der Waals surface area (Å²) in [4.78, 5) is 10.5. The van der Waals surface area contributed by atoms with Crippen molar-refractivity contribution in [3.8, 4) is 0 Å². The average Bonchev–Trinajstić information content (AvgIpc) is 2.15. The van der Waals surface area contributed by atoms with Gasteiger partial charge in [0.1, 0.15) is 11.9 Å². The molecule has 0 heterocycles. The standard InChI is InChI=1S/C10H12ClFN2O2/c11-7-1-6(2-8(12)3-7)4-14-5-9(15)10(13)16/h1-3,9,14-15H,4-5H2,(H2,13,16). The molecule has 1 aromatic rings. The number of carbonyl (C=O) groups excluding carboxylic acids is 1. The number of carbonyl (C=O) groups is 1.